The summed E-state index contributed by atoms with van der Waals surface area (Å²) in [6, 6.07) is 4.02. The zero-order valence-electron chi connectivity index (χ0n) is 17.7. The molecule has 0 saturated heterocycles. The molecule has 2 aromatic heterocycles. The van der Waals surface area contributed by atoms with Gasteiger partial charge in [0.05, 0.1) is 22.7 Å². The van der Waals surface area contributed by atoms with Crippen LogP contribution in [0.1, 0.15) is 67.3 Å². The summed E-state index contributed by atoms with van der Waals surface area (Å²) >= 11 is 0. The average Bonchev–Trinajstić information content (AvgIpc) is 3.19. The molecule has 0 aliphatic heterocycles. The van der Waals surface area contributed by atoms with Gasteiger partial charge in [-0.3, -0.25) is 5.10 Å². The number of phenols is 1. The van der Waals surface area contributed by atoms with Crippen LogP contribution in [0.5, 0.6) is 5.75 Å². The van der Waals surface area contributed by atoms with Crippen LogP contribution in [0.15, 0.2) is 18.3 Å². The third-order valence-corrected chi connectivity index (χ3v) is 6.03. The van der Waals surface area contributed by atoms with Gasteiger partial charge in [-0.25, -0.2) is 4.98 Å². The number of nitrogens with zero attached hydrogens (tertiary/aromatic N) is 2. The van der Waals surface area contributed by atoms with Gasteiger partial charge in [0.1, 0.15) is 11.6 Å². The maximum absolute atomic E-state index is 11.2. The lowest BCUT2D eigenvalue weighted by Crippen LogP contribution is -2.22. The molecule has 0 fully saturated rings. The molecule has 0 spiro atoms. The van der Waals surface area contributed by atoms with E-state index in [1.165, 1.54) is 16.7 Å². The normalized spacial score (nSPS) is 12.6. The third-order valence-electron chi connectivity index (χ3n) is 6.03. The van der Waals surface area contributed by atoms with Crippen LogP contribution >= 0.6 is 0 Å². The van der Waals surface area contributed by atoms with Crippen molar-refractivity contribution in [1.82, 2.24) is 20.2 Å². The second-order valence-electron chi connectivity index (χ2n) is 8.71. The summed E-state index contributed by atoms with van der Waals surface area (Å²) in [7, 11) is 0. The topological polar surface area (TPSA) is 77.6 Å². The van der Waals surface area contributed by atoms with Gasteiger partial charge in [0, 0.05) is 16.4 Å². The largest absolute Gasteiger partial charge is 0.508 e. The zero-order valence-corrected chi connectivity index (χ0v) is 17.7. The Morgan fingerprint density at radius 3 is 2.46 bits per heavy atom. The first-order valence-electron chi connectivity index (χ1n) is 9.79. The molecule has 0 saturated carbocycles. The molecule has 28 heavy (non-hydrogen) atoms. The van der Waals surface area contributed by atoms with Crippen molar-refractivity contribution in [2.75, 3.05) is 0 Å². The molecule has 0 bridgehead atoms. The van der Waals surface area contributed by atoms with Gasteiger partial charge in [-0.15, -0.1) is 0 Å². The van der Waals surface area contributed by atoms with Crippen LogP contribution in [0.25, 0.3) is 21.9 Å². The van der Waals surface area contributed by atoms with Crippen LogP contribution in [-0.2, 0) is 5.41 Å². The zero-order chi connectivity index (χ0) is 20.4. The van der Waals surface area contributed by atoms with Crippen molar-refractivity contribution in [2.24, 2.45) is 0 Å². The lowest BCUT2D eigenvalue weighted by Gasteiger charge is -2.31. The smallest absolute Gasteiger partial charge is 0.122 e. The maximum atomic E-state index is 11.2. The van der Waals surface area contributed by atoms with Crippen molar-refractivity contribution < 1.29 is 5.11 Å². The van der Waals surface area contributed by atoms with Crippen LogP contribution < -0.4 is 0 Å². The first-order chi connectivity index (χ1) is 13.1. The van der Waals surface area contributed by atoms with Crippen LogP contribution in [0.2, 0.25) is 0 Å². The highest BCUT2D eigenvalue weighted by atomic mass is 16.3. The summed E-state index contributed by atoms with van der Waals surface area (Å²) in [5, 5.41) is 19.6. The summed E-state index contributed by atoms with van der Waals surface area (Å²) in [5.74, 6) is 1.44. The fraction of sp³-hybridized carbons (Fsp3) is 0.391. The predicted molar refractivity (Wildman–Crippen MR) is 114 cm³/mol. The molecule has 4 aromatic rings. The number of fused-ring (bicyclic) bond motifs is 2. The first kappa shape index (κ1) is 18.5. The van der Waals surface area contributed by atoms with E-state index in [0.29, 0.717) is 5.75 Å². The van der Waals surface area contributed by atoms with Gasteiger partial charge < -0.3 is 10.1 Å². The van der Waals surface area contributed by atoms with E-state index in [9.17, 15) is 5.11 Å². The lowest BCUT2D eigenvalue weighted by molar-refractivity contribution is 0.454. The van der Waals surface area contributed by atoms with Crippen molar-refractivity contribution in [3.8, 4) is 5.75 Å². The number of benzene rings is 2. The fourth-order valence-corrected chi connectivity index (χ4v) is 4.63. The molecule has 0 aliphatic rings. The molecule has 2 heterocycles. The second kappa shape index (κ2) is 6.09. The molecule has 5 heteroatoms. The molecule has 0 amide bonds. The van der Waals surface area contributed by atoms with Gasteiger partial charge >= 0.3 is 0 Å². The highest BCUT2D eigenvalue weighted by Gasteiger charge is 2.34. The third kappa shape index (κ3) is 2.53. The summed E-state index contributed by atoms with van der Waals surface area (Å²) in [6.07, 6.45) is 1.88. The number of rotatable bonds is 3. The van der Waals surface area contributed by atoms with Crippen LogP contribution in [-0.4, -0.2) is 25.3 Å². The van der Waals surface area contributed by atoms with Gasteiger partial charge in [-0.1, -0.05) is 27.7 Å². The highest BCUT2D eigenvalue weighted by molar-refractivity contribution is 5.91. The number of phenolic OH excluding ortho intramolecular Hbond substituents is 1. The van der Waals surface area contributed by atoms with Gasteiger partial charge in [0.2, 0.25) is 0 Å². The molecular weight excluding hydrogens is 348 g/mol. The molecule has 0 aliphatic carbocycles. The summed E-state index contributed by atoms with van der Waals surface area (Å²) in [5.41, 5.74) is 7.97. The molecule has 0 atom stereocenters. The minimum Gasteiger partial charge on any atom is -0.508 e. The number of aromatic hydroxyl groups is 1. The number of aromatic nitrogens is 4. The number of aryl methyl sites for hydroxylation is 2. The number of imidazole rings is 1. The second-order valence-corrected chi connectivity index (χ2v) is 8.71. The summed E-state index contributed by atoms with van der Waals surface area (Å²) < 4.78 is 0. The van der Waals surface area contributed by atoms with Gasteiger partial charge in [-0.05, 0) is 61.1 Å². The Kier molecular flexibility index (Phi) is 4.03. The van der Waals surface area contributed by atoms with Crippen molar-refractivity contribution >= 4 is 21.9 Å². The molecule has 0 radical (unpaired) electrons. The molecule has 146 valence electrons. The molecule has 0 unspecified atom stereocenters. The van der Waals surface area contributed by atoms with E-state index in [-0.39, 0.29) is 5.92 Å². The molecule has 2 aromatic carbocycles. The number of hydrogen-bond acceptors (Lipinski definition) is 3. The highest BCUT2D eigenvalue weighted by Crippen LogP contribution is 2.46. The molecule has 3 N–H and O–H groups in total. The van der Waals surface area contributed by atoms with E-state index >= 15 is 0 Å². The van der Waals surface area contributed by atoms with Crippen LogP contribution in [0.3, 0.4) is 0 Å². The van der Waals surface area contributed by atoms with E-state index in [2.05, 4.69) is 62.8 Å². The van der Waals surface area contributed by atoms with Crippen LogP contribution in [0, 0.1) is 20.8 Å². The fourth-order valence-electron chi connectivity index (χ4n) is 4.63. The van der Waals surface area contributed by atoms with Gasteiger partial charge in [-0.2, -0.15) is 5.10 Å². The number of aromatic amines is 2. The standard InChI is InChI=1S/C23H28N4O/c1-11(2)15-9-18(28)20(22-21(15)25-14(5)26-22)23(6,7)19-13(4)12(3)8-17-16(19)10-24-27-17/h8-11,28H,1-7H3,(H,24,27)(H,25,26). The van der Waals surface area contributed by atoms with E-state index < -0.39 is 5.41 Å². The Hall–Kier alpha value is -2.82. The number of H-pyrrole nitrogens is 2. The van der Waals surface area contributed by atoms with E-state index in [1.807, 2.05) is 19.2 Å². The molecule has 5 nitrogen and oxygen atoms in total. The Labute approximate surface area is 165 Å². The van der Waals surface area contributed by atoms with E-state index in [1.54, 1.807) is 0 Å². The maximum Gasteiger partial charge on any atom is 0.122 e. The Morgan fingerprint density at radius 2 is 1.79 bits per heavy atom. The van der Waals surface area contributed by atoms with Crippen molar-refractivity contribution in [2.45, 2.75) is 59.8 Å². The summed E-state index contributed by atoms with van der Waals surface area (Å²) in [6.45, 7) is 14.8. The SMILES string of the molecule is Cc1nc2c(C(C)C)cc(O)c(C(C)(C)c3c(C)c(C)cc4[nH]ncc34)c2[nH]1. The van der Waals surface area contributed by atoms with Crippen molar-refractivity contribution in [1.29, 1.82) is 0 Å². The summed E-state index contributed by atoms with van der Waals surface area (Å²) in [4.78, 5) is 8.17. The quantitative estimate of drug-likeness (QED) is 0.440. The monoisotopic (exact) mass is 376 g/mol. The minimum atomic E-state index is -0.449. The molecular formula is C23H28N4O. The van der Waals surface area contributed by atoms with E-state index in [0.717, 1.165) is 38.9 Å². The number of nitrogens with one attached hydrogen (secondary N) is 2. The first-order valence-corrected chi connectivity index (χ1v) is 9.79. The van der Waals surface area contributed by atoms with Crippen molar-refractivity contribution in [3.05, 3.63) is 52.0 Å². The Balaban J connectivity index is 2.11. The predicted octanol–water partition coefficient (Wildman–Crippen LogP) is 5.52. The van der Waals surface area contributed by atoms with Crippen LogP contribution in [0.4, 0.5) is 0 Å². The average molecular weight is 377 g/mol. The number of hydrogen-bond donors (Lipinski definition) is 3. The Morgan fingerprint density at radius 1 is 1.07 bits per heavy atom. The van der Waals surface area contributed by atoms with E-state index in [4.69, 9.17) is 4.98 Å². The minimum absolute atomic E-state index is 0.273. The molecule has 4 rings (SSSR count). The Bertz CT molecular complexity index is 1210. The van der Waals surface area contributed by atoms with Crippen molar-refractivity contribution in [3.63, 3.8) is 0 Å². The van der Waals surface area contributed by atoms with Gasteiger partial charge in [0.15, 0.2) is 0 Å². The van der Waals surface area contributed by atoms with Gasteiger partial charge in [0.25, 0.3) is 0 Å². The lowest BCUT2D eigenvalue weighted by atomic mass is 9.72.